The van der Waals surface area contributed by atoms with Crippen LogP contribution in [0.15, 0.2) is 77.3 Å². The summed E-state index contributed by atoms with van der Waals surface area (Å²) >= 11 is 0. The van der Waals surface area contributed by atoms with Crippen LogP contribution >= 0.6 is 0 Å². The first-order chi connectivity index (χ1) is 15.0. The molecule has 0 saturated carbocycles. The Balaban J connectivity index is 1.46. The van der Waals surface area contributed by atoms with Crippen molar-refractivity contribution in [1.29, 1.82) is 0 Å². The summed E-state index contributed by atoms with van der Waals surface area (Å²) in [5, 5.41) is 6.84. The summed E-state index contributed by atoms with van der Waals surface area (Å²) in [5.74, 6) is 0.975. The quantitative estimate of drug-likeness (QED) is 0.416. The van der Waals surface area contributed by atoms with Crippen LogP contribution in [0, 0.1) is 20.8 Å². The summed E-state index contributed by atoms with van der Waals surface area (Å²) in [6.45, 7) is 6.07. The average molecular weight is 412 g/mol. The monoisotopic (exact) mass is 412 g/mol. The highest BCUT2D eigenvalue weighted by molar-refractivity contribution is 6.04. The first kappa shape index (κ1) is 20.4. The summed E-state index contributed by atoms with van der Waals surface area (Å²) in [7, 11) is 0. The molecule has 1 N–H and O–H groups in total. The van der Waals surface area contributed by atoms with E-state index >= 15 is 0 Å². The molecular weight excluding hydrogens is 388 g/mol. The van der Waals surface area contributed by atoms with E-state index in [0.717, 1.165) is 22.4 Å². The molecule has 0 bridgehead atoms. The Kier molecular flexibility index (Phi) is 5.85. The van der Waals surface area contributed by atoms with Gasteiger partial charge in [-0.15, -0.1) is 0 Å². The normalized spacial score (nSPS) is 10.7. The second-order valence-electron chi connectivity index (χ2n) is 7.50. The predicted molar refractivity (Wildman–Crippen MR) is 121 cm³/mol. The van der Waals surface area contributed by atoms with Gasteiger partial charge in [0.15, 0.2) is 5.69 Å². The van der Waals surface area contributed by atoms with Crippen molar-refractivity contribution in [1.82, 2.24) is 5.16 Å². The number of nitrogens with zero attached hydrogens (tertiary/aromatic N) is 1. The van der Waals surface area contributed by atoms with Crippen LogP contribution in [0.4, 0.5) is 5.69 Å². The number of carbonyl (C=O) groups is 1. The van der Waals surface area contributed by atoms with Crippen LogP contribution < -0.4 is 10.1 Å². The number of anilines is 1. The Morgan fingerprint density at radius 2 is 1.61 bits per heavy atom. The molecule has 1 aromatic heterocycles. The topological polar surface area (TPSA) is 64.4 Å². The SMILES string of the molecule is Cc1ccc(OCc2c(C(=O)Nc3ccc(-c4ccccc4)cc3)noc2C)cc1C. The van der Waals surface area contributed by atoms with Gasteiger partial charge < -0.3 is 14.6 Å². The molecule has 0 spiro atoms. The lowest BCUT2D eigenvalue weighted by Crippen LogP contribution is -2.15. The van der Waals surface area contributed by atoms with Crippen LogP contribution in [0.3, 0.4) is 0 Å². The summed E-state index contributed by atoms with van der Waals surface area (Å²) < 4.78 is 11.2. The molecule has 5 heteroatoms. The van der Waals surface area contributed by atoms with E-state index in [1.807, 2.05) is 79.7 Å². The van der Waals surface area contributed by atoms with Gasteiger partial charge in [-0.1, -0.05) is 53.7 Å². The van der Waals surface area contributed by atoms with E-state index in [1.54, 1.807) is 6.92 Å². The van der Waals surface area contributed by atoms with E-state index < -0.39 is 0 Å². The van der Waals surface area contributed by atoms with Gasteiger partial charge in [0.2, 0.25) is 0 Å². The van der Waals surface area contributed by atoms with Crippen LogP contribution in [0.2, 0.25) is 0 Å². The smallest absolute Gasteiger partial charge is 0.278 e. The summed E-state index contributed by atoms with van der Waals surface area (Å²) in [5.41, 5.74) is 6.11. The van der Waals surface area contributed by atoms with Gasteiger partial charge in [-0.25, -0.2) is 0 Å². The van der Waals surface area contributed by atoms with Crippen LogP contribution in [0.5, 0.6) is 5.75 Å². The largest absolute Gasteiger partial charge is 0.489 e. The molecule has 31 heavy (non-hydrogen) atoms. The van der Waals surface area contributed by atoms with Gasteiger partial charge in [0.1, 0.15) is 18.1 Å². The number of hydrogen-bond acceptors (Lipinski definition) is 4. The maximum absolute atomic E-state index is 12.8. The fraction of sp³-hybridized carbons (Fsp3) is 0.154. The minimum atomic E-state index is -0.331. The second-order valence-corrected chi connectivity index (χ2v) is 7.50. The Morgan fingerprint density at radius 3 is 2.32 bits per heavy atom. The number of aromatic nitrogens is 1. The molecule has 156 valence electrons. The third kappa shape index (κ3) is 4.67. The summed E-state index contributed by atoms with van der Waals surface area (Å²) in [6.07, 6.45) is 0. The number of carbonyl (C=O) groups excluding carboxylic acids is 1. The van der Waals surface area contributed by atoms with E-state index in [9.17, 15) is 4.79 Å². The van der Waals surface area contributed by atoms with Crippen LogP contribution in [-0.2, 0) is 6.61 Å². The molecule has 4 rings (SSSR count). The summed E-state index contributed by atoms with van der Waals surface area (Å²) in [4.78, 5) is 12.8. The van der Waals surface area contributed by atoms with Crippen LogP contribution in [0.25, 0.3) is 11.1 Å². The standard InChI is InChI=1S/C26H24N2O3/c1-17-9-14-23(15-18(17)2)30-16-24-19(3)31-28-25(24)26(29)27-22-12-10-21(11-13-22)20-7-5-4-6-8-20/h4-15H,16H2,1-3H3,(H,27,29). The van der Waals surface area contributed by atoms with Gasteiger partial charge in [-0.3, -0.25) is 4.79 Å². The number of hydrogen-bond donors (Lipinski definition) is 1. The number of amides is 1. The third-order valence-corrected chi connectivity index (χ3v) is 5.31. The van der Waals surface area contributed by atoms with Crippen molar-refractivity contribution in [2.75, 3.05) is 5.32 Å². The summed E-state index contributed by atoms with van der Waals surface area (Å²) in [6, 6.07) is 23.7. The zero-order valence-electron chi connectivity index (χ0n) is 17.8. The Morgan fingerprint density at radius 1 is 0.903 bits per heavy atom. The Hall–Kier alpha value is -3.86. The molecule has 0 aliphatic carbocycles. The number of ether oxygens (including phenoxy) is 1. The van der Waals surface area contributed by atoms with E-state index in [1.165, 1.54) is 5.56 Å². The number of aryl methyl sites for hydroxylation is 3. The van der Waals surface area contributed by atoms with Crippen molar-refractivity contribution in [3.05, 3.63) is 101 Å². The van der Waals surface area contributed by atoms with Gasteiger partial charge in [0, 0.05) is 5.69 Å². The second kappa shape index (κ2) is 8.88. The van der Waals surface area contributed by atoms with Crippen molar-refractivity contribution in [3.8, 4) is 16.9 Å². The highest BCUT2D eigenvalue weighted by atomic mass is 16.5. The minimum absolute atomic E-state index is 0.202. The molecule has 0 atom stereocenters. The van der Waals surface area contributed by atoms with E-state index in [0.29, 0.717) is 17.0 Å². The van der Waals surface area contributed by atoms with E-state index in [-0.39, 0.29) is 18.2 Å². The number of nitrogens with one attached hydrogen (secondary N) is 1. The van der Waals surface area contributed by atoms with Gasteiger partial charge >= 0.3 is 0 Å². The molecule has 1 amide bonds. The van der Waals surface area contributed by atoms with E-state index in [4.69, 9.17) is 9.26 Å². The fourth-order valence-corrected chi connectivity index (χ4v) is 3.27. The average Bonchev–Trinajstić information content (AvgIpc) is 3.16. The molecule has 3 aromatic carbocycles. The van der Waals surface area contributed by atoms with Crippen molar-refractivity contribution < 1.29 is 14.1 Å². The van der Waals surface area contributed by atoms with Crippen molar-refractivity contribution in [2.45, 2.75) is 27.4 Å². The van der Waals surface area contributed by atoms with Crippen molar-refractivity contribution in [3.63, 3.8) is 0 Å². The van der Waals surface area contributed by atoms with Gasteiger partial charge in [0.05, 0.1) is 5.56 Å². The zero-order valence-corrected chi connectivity index (χ0v) is 17.8. The highest BCUT2D eigenvalue weighted by Gasteiger charge is 2.20. The maximum Gasteiger partial charge on any atom is 0.278 e. The maximum atomic E-state index is 12.8. The molecule has 0 aliphatic heterocycles. The van der Waals surface area contributed by atoms with Crippen molar-refractivity contribution in [2.24, 2.45) is 0 Å². The van der Waals surface area contributed by atoms with Gasteiger partial charge in [-0.05, 0) is 67.3 Å². The molecule has 5 nitrogen and oxygen atoms in total. The number of rotatable bonds is 6. The lowest BCUT2D eigenvalue weighted by atomic mass is 10.1. The molecular formula is C26H24N2O3. The lowest BCUT2D eigenvalue weighted by molar-refractivity contribution is 0.101. The Labute approximate surface area is 181 Å². The molecule has 4 aromatic rings. The van der Waals surface area contributed by atoms with Gasteiger partial charge in [0.25, 0.3) is 5.91 Å². The Bertz CT molecular complexity index is 1200. The molecule has 1 heterocycles. The lowest BCUT2D eigenvalue weighted by Gasteiger charge is -2.09. The predicted octanol–water partition coefficient (Wildman–Crippen LogP) is 6.10. The molecule has 0 fully saturated rings. The zero-order chi connectivity index (χ0) is 21.8. The molecule has 0 aliphatic rings. The third-order valence-electron chi connectivity index (χ3n) is 5.31. The number of benzene rings is 3. The highest BCUT2D eigenvalue weighted by Crippen LogP contribution is 2.23. The van der Waals surface area contributed by atoms with Crippen LogP contribution in [0.1, 0.15) is 32.9 Å². The van der Waals surface area contributed by atoms with Gasteiger partial charge in [-0.2, -0.15) is 0 Å². The minimum Gasteiger partial charge on any atom is -0.489 e. The first-order valence-electron chi connectivity index (χ1n) is 10.1. The molecule has 0 saturated heterocycles. The fourth-order valence-electron chi connectivity index (χ4n) is 3.27. The molecule has 0 radical (unpaired) electrons. The van der Waals surface area contributed by atoms with Crippen molar-refractivity contribution >= 4 is 11.6 Å². The van der Waals surface area contributed by atoms with E-state index in [2.05, 4.69) is 17.4 Å². The molecule has 0 unspecified atom stereocenters. The first-order valence-corrected chi connectivity index (χ1v) is 10.1. The van der Waals surface area contributed by atoms with Crippen LogP contribution in [-0.4, -0.2) is 11.1 Å².